The first-order valence-electron chi connectivity index (χ1n) is 3.20. The first-order valence-corrected chi connectivity index (χ1v) is 4.61. The molecule has 0 fully saturated rings. The Morgan fingerprint density at radius 2 is 1.62 bits per heavy atom. The number of hydrogen-bond acceptors (Lipinski definition) is 3. The van der Waals surface area contributed by atoms with E-state index in [9.17, 15) is 17.8 Å². The Balaban J connectivity index is 3.16. The van der Waals surface area contributed by atoms with Crippen molar-refractivity contribution in [1.82, 2.24) is 0 Å². The minimum Gasteiger partial charge on any atom is -0.478 e. The van der Waals surface area contributed by atoms with Gasteiger partial charge in [0, 0.05) is 0 Å². The molecule has 0 saturated heterocycles. The molecule has 1 aromatic rings. The maximum atomic E-state index is 10.4. The highest BCUT2D eigenvalue weighted by Gasteiger charge is 2.11. The SMILES string of the molecule is [O]S(=O)(=O)c1ccc(C(=O)O)cc1. The molecule has 0 aliphatic heterocycles. The van der Waals surface area contributed by atoms with Crippen LogP contribution in [0.4, 0.5) is 0 Å². The Kier molecular flexibility index (Phi) is 2.35. The summed E-state index contributed by atoms with van der Waals surface area (Å²) in [4.78, 5) is 9.90. The molecule has 0 bridgehead atoms. The summed E-state index contributed by atoms with van der Waals surface area (Å²) in [6, 6.07) is 4.05. The van der Waals surface area contributed by atoms with Gasteiger partial charge >= 0.3 is 16.1 Å². The second-order valence-corrected chi connectivity index (χ2v) is 3.66. The molecular weight excluding hydrogens is 196 g/mol. The molecule has 5 nitrogen and oxygen atoms in total. The van der Waals surface area contributed by atoms with Crippen LogP contribution in [0.5, 0.6) is 0 Å². The van der Waals surface area contributed by atoms with Crippen molar-refractivity contribution in [3.8, 4) is 0 Å². The van der Waals surface area contributed by atoms with Crippen LogP contribution in [-0.2, 0) is 14.7 Å². The highest BCUT2D eigenvalue weighted by molar-refractivity contribution is 7.85. The van der Waals surface area contributed by atoms with Gasteiger partial charge in [-0.1, -0.05) is 4.55 Å². The van der Waals surface area contributed by atoms with Gasteiger partial charge in [0.2, 0.25) is 0 Å². The van der Waals surface area contributed by atoms with Gasteiger partial charge in [-0.3, -0.25) is 0 Å². The molecule has 0 heterocycles. The minimum absolute atomic E-state index is 0.0626. The van der Waals surface area contributed by atoms with E-state index in [-0.39, 0.29) is 5.56 Å². The van der Waals surface area contributed by atoms with Gasteiger partial charge in [-0.25, -0.2) is 4.79 Å². The first-order chi connectivity index (χ1) is 5.91. The van der Waals surface area contributed by atoms with Crippen molar-refractivity contribution in [2.24, 2.45) is 0 Å². The van der Waals surface area contributed by atoms with E-state index in [0.29, 0.717) is 0 Å². The molecule has 1 radical (unpaired) electrons. The molecule has 0 aromatic heterocycles. The first kappa shape index (κ1) is 9.69. The summed E-state index contributed by atoms with van der Waals surface area (Å²) in [5.41, 5.74) is -0.0626. The number of rotatable bonds is 2. The number of benzene rings is 1. The van der Waals surface area contributed by atoms with E-state index in [1.54, 1.807) is 0 Å². The van der Waals surface area contributed by atoms with Crippen LogP contribution >= 0.6 is 0 Å². The highest BCUT2D eigenvalue weighted by Crippen LogP contribution is 2.10. The topological polar surface area (TPSA) is 91.3 Å². The molecule has 6 heteroatoms. The van der Waals surface area contributed by atoms with Crippen molar-refractivity contribution in [3.05, 3.63) is 29.8 Å². The summed E-state index contributed by atoms with van der Waals surface area (Å²) in [6.45, 7) is 0. The average Bonchev–Trinajstić information content (AvgIpc) is 2.03. The molecule has 1 aromatic carbocycles. The van der Waals surface area contributed by atoms with Crippen molar-refractivity contribution in [3.63, 3.8) is 0 Å². The lowest BCUT2D eigenvalue weighted by molar-refractivity contribution is 0.0696. The Morgan fingerprint density at radius 3 is 1.92 bits per heavy atom. The fraction of sp³-hybridized carbons (Fsp3) is 0. The summed E-state index contributed by atoms with van der Waals surface area (Å²) in [6.07, 6.45) is 0. The van der Waals surface area contributed by atoms with E-state index in [2.05, 4.69) is 0 Å². The lowest BCUT2D eigenvalue weighted by Crippen LogP contribution is -1.99. The number of hydrogen-bond donors (Lipinski definition) is 1. The normalized spacial score (nSPS) is 11.2. The molecule has 0 amide bonds. The molecule has 0 aliphatic carbocycles. The molecular formula is C7H5O5S. The maximum absolute atomic E-state index is 10.4. The van der Waals surface area contributed by atoms with E-state index in [1.165, 1.54) is 0 Å². The van der Waals surface area contributed by atoms with Crippen molar-refractivity contribution in [2.75, 3.05) is 0 Å². The van der Waals surface area contributed by atoms with Gasteiger partial charge in [0.25, 0.3) is 0 Å². The molecule has 1 N–H and O–H groups in total. The van der Waals surface area contributed by atoms with Crippen molar-refractivity contribution in [1.29, 1.82) is 0 Å². The number of carboxylic acids is 1. The Morgan fingerprint density at radius 1 is 1.15 bits per heavy atom. The minimum atomic E-state index is -4.49. The second kappa shape index (κ2) is 3.15. The van der Waals surface area contributed by atoms with Crippen LogP contribution in [0.2, 0.25) is 0 Å². The van der Waals surface area contributed by atoms with Crippen LogP contribution in [0.15, 0.2) is 29.2 Å². The zero-order valence-electron chi connectivity index (χ0n) is 6.30. The van der Waals surface area contributed by atoms with Crippen LogP contribution < -0.4 is 0 Å². The van der Waals surface area contributed by atoms with Gasteiger partial charge in [-0.05, 0) is 24.3 Å². The molecule has 0 saturated carbocycles. The zero-order chi connectivity index (χ0) is 10.1. The van der Waals surface area contributed by atoms with Crippen LogP contribution in [0.25, 0.3) is 0 Å². The van der Waals surface area contributed by atoms with Crippen molar-refractivity contribution >= 4 is 16.1 Å². The van der Waals surface area contributed by atoms with Crippen LogP contribution in [0, 0.1) is 0 Å². The zero-order valence-corrected chi connectivity index (χ0v) is 7.11. The number of aromatic carboxylic acids is 1. The fourth-order valence-corrected chi connectivity index (χ4v) is 1.23. The molecule has 13 heavy (non-hydrogen) atoms. The van der Waals surface area contributed by atoms with Gasteiger partial charge in [0.05, 0.1) is 10.5 Å². The predicted octanol–water partition coefficient (Wildman–Crippen LogP) is 0.504. The third-order valence-electron chi connectivity index (χ3n) is 1.39. The summed E-state index contributed by atoms with van der Waals surface area (Å²) < 4.78 is 31.2. The number of carboxylic acid groups (broad SMARTS) is 1. The summed E-state index contributed by atoms with van der Waals surface area (Å²) in [5.74, 6) is -1.17. The Labute approximate surface area is 74.4 Å². The standard InChI is InChI=1S/C7H5O5S/c8-7(9)5-1-3-6(4-2-5)13(10,11)12/h1-4H,(H,8,9). The quantitative estimate of drug-likeness (QED) is 0.754. The van der Waals surface area contributed by atoms with Crippen LogP contribution in [-0.4, -0.2) is 19.5 Å². The third-order valence-corrected chi connectivity index (χ3v) is 2.24. The van der Waals surface area contributed by atoms with E-state index in [4.69, 9.17) is 5.11 Å². The largest absolute Gasteiger partial charge is 0.478 e. The Bertz CT molecular complexity index is 417. The summed E-state index contributed by atoms with van der Waals surface area (Å²) in [7, 11) is -4.49. The molecule has 0 aliphatic rings. The molecule has 0 spiro atoms. The van der Waals surface area contributed by atoms with Crippen LogP contribution in [0.3, 0.4) is 0 Å². The maximum Gasteiger partial charge on any atom is 0.335 e. The molecule has 1 rings (SSSR count). The van der Waals surface area contributed by atoms with E-state index >= 15 is 0 Å². The van der Waals surface area contributed by atoms with Gasteiger partial charge in [-0.2, -0.15) is 8.42 Å². The lowest BCUT2D eigenvalue weighted by Gasteiger charge is -1.95. The molecule has 0 atom stereocenters. The second-order valence-electron chi connectivity index (χ2n) is 2.28. The molecule has 0 unspecified atom stereocenters. The van der Waals surface area contributed by atoms with Crippen molar-refractivity contribution < 1.29 is 22.9 Å². The lowest BCUT2D eigenvalue weighted by atomic mass is 10.2. The van der Waals surface area contributed by atoms with Gasteiger partial charge in [0.15, 0.2) is 0 Å². The predicted molar refractivity (Wildman–Crippen MR) is 41.3 cm³/mol. The smallest absolute Gasteiger partial charge is 0.335 e. The highest BCUT2D eigenvalue weighted by atomic mass is 32.2. The van der Waals surface area contributed by atoms with Gasteiger partial charge in [0.1, 0.15) is 0 Å². The van der Waals surface area contributed by atoms with E-state index in [0.717, 1.165) is 24.3 Å². The van der Waals surface area contributed by atoms with Crippen LogP contribution in [0.1, 0.15) is 10.4 Å². The third kappa shape index (κ3) is 2.27. The van der Waals surface area contributed by atoms with Gasteiger partial charge < -0.3 is 5.11 Å². The van der Waals surface area contributed by atoms with E-state index in [1.807, 2.05) is 0 Å². The van der Waals surface area contributed by atoms with Gasteiger partial charge in [-0.15, -0.1) is 0 Å². The van der Waals surface area contributed by atoms with E-state index < -0.39 is 21.0 Å². The average molecular weight is 201 g/mol. The fourth-order valence-electron chi connectivity index (χ4n) is 0.764. The van der Waals surface area contributed by atoms with Crippen molar-refractivity contribution in [2.45, 2.75) is 4.90 Å². The Hall–Kier alpha value is -1.40. The summed E-state index contributed by atoms with van der Waals surface area (Å²) in [5, 5.41) is 8.45. The molecule has 69 valence electrons. The monoisotopic (exact) mass is 201 g/mol. The summed E-state index contributed by atoms with van der Waals surface area (Å²) >= 11 is 0. The number of carbonyl (C=O) groups is 1.